The number of carbonyl (C=O) groups is 2. The van der Waals surface area contributed by atoms with E-state index in [1.165, 1.54) is 11.1 Å². The van der Waals surface area contributed by atoms with Crippen LogP contribution in [0.2, 0.25) is 0 Å². The molecule has 0 aromatic rings. The van der Waals surface area contributed by atoms with E-state index < -0.39 is 154 Å². The van der Waals surface area contributed by atoms with Gasteiger partial charge in [0.25, 0.3) is 0 Å². The third-order valence-corrected chi connectivity index (χ3v) is 19.9. The summed E-state index contributed by atoms with van der Waals surface area (Å²) < 4.78 is 54.3. The second-order valence-corrected chi connectivity index (χ2v) is 25.0. The molecule has 0 amide bonds. The lowest BCUT2D eigenvalue weighted by Crippen LogP contribution is -2.69. The summed E-state index contributed by atoms with van der Waals surface area (Å²) in [5.41, 5.74) is 2.17. The number of Topliss-reactive ketones (excluding diaryl/α,β-unsaturated/α-hetero) is 1. The van der Waals surface area contributed by atoms with Crippen molar-refractivity contribution in [3.05, 3.63) is 22.8 Å². The van der Waals surface area contributed by atoms with Crippen molar-refractivity contribution in [1.82, 2.24) is 0 Å². The average Bonchev–Trinajstić information content (AvgIpc) is 3.42. The lowest BCUT2D eigenvalue weighted by atomic mass is 9.35. The first kappa shape index (κ1) is 57.5. The Hall–Kier alpha value is -2.14. The number of ketones is 1. The Morgan fingerprint density at radius 1 is 0.627 bits per heavy atom. The number of carbonyl (C=O) groups excluding carboxylic acids is 2. The average molecular weight is 1070 g/mol. The van der Waals surface area contributed by atoms with E-state index >= 15 is 0 Å². The van der Waals surface area contributed by atoms with E-state index in [2.05, 4.69) is 54.5 Å². The van der Waals surface area contributed by atoms with Crippen LogP contribution in [0.4, 0.5) is 0 Å². The standard InChI is InChI=1S/C53H82O22/c1-49(2)14-11-22-23(17-49)24-9-10-30-51(5)15-13-31(50(3,4)29(51)12-16-52(30,6)53(24,7)18-25(22)56)71-48-43(75-46-38(64)35(61)33(59)27(19-54)69-46)40(39(65)41(73-48)44(66)67-8)72-47-42(36(62)34(60)28(20-55)70-47)74-45-37(63)32(58)26(57)21-68-45/h9,26-43,45-48,54-55,57-65H,10-21H2,1-8H3/t26-,27+,28-,29?,30-,31+,32+,33-,34+,35-,36+,37-,38+,39+,40+,41+,42-,43-,45+,46-,47+,48-,51+,52-,53-/m1/s1. The van der Waals surface area contributed by atoms with Gasteiger partial charge in [0.05, 0.1) is 33.0 Å². The second kappa shape index (κ2) is 21.1. The third kappa shape index (κ3) is 9.63. The van der Waals surface area contributed by atoms with E-state index in [1.54, 1.807) is 0 Å². The fourth-order valence-corrected chi connectivity index (χ4v) is 15.3. The summed E-state index contributed by atoms with van der Waals surface area (Å²) in [5.74, 6) is -0.622. The van der Waals surface area contributed by atoms with E-state index in [4.69, 9.17) is 42.6 Å². The predicted octanol–water partition coefficient (Wildman–Crippen LogP) is -0.861. The van der Waals surface area contributed by atoms with Crippen LogP contribution in [-0.2, 0) is 52.2 Å². The molecule has 6 fully saturated rings. The zero-order valence-electron chi connectivity index (χ0n) is 44.2. The van der Waals surface area contributed by atoms with Crippen LogP contribution >= 0.6 is 0 Å². The topological polar surface area (TPSA) is 340 Å². The van der Waals surface area contributed by atoms with Crippen molar-refractivity contribution >= 4 is 11.8 Å². The number of ether oxygens (including phenoxy) is 9. The molecule has 0 aromatic carbocycles. The first-order valence-corrected chi connectivity index (χ1v) is 26.8. The molecule has 9 aliphatic rings. The summed E-state index contributed by atoms with van der Waals surface area (Å²) in [6.45, 7) is 13.6. The number of aliphatic hydroxyl groups excluding tert-OH is 11. The van der Waals surface area contributed by atoms with Crippen LogP contribution in [0.1, 0.15) is 106 Å². The molecule has 75 heavy (non-hydrogen) atoms. The van der Waals surface area contributed by atoms with Crippen LogP contribution in [-0.4, -0.2) is 218 Å². The Morgan fingerprint density at radius 3 is 1.91 bits per heavy atom. The first-order chi connectivity index (χ1) is 35.2. The first-order valence-electron chi connectivity index (χ1n) is 26.8. The maximum atomic E-state index is 14.2. The number of hydrogen-bond donors (Lipinski definition) is 11. The van der Waals surface area contributed by atoms with Crippen molar-refractivity contribution < 1.29 is 108 Å². The van der Waals surface area contributed by atoms with Crippen molar-refractivity contribution in [2.24, 2.45) is 38.9 Å². The summed E-state index contributed by atoms with van der Waals surface area (Å²) in [6.07, 6.45) is -26.4. The highest BCUT2D eigenvalue weighted by Crippen LogP contribution is 2.74. The van der Waals surface area contributed by atoms with Gasteiger partial charge in [0, 0.05) is 11.8 Å². The minimum absolute atomic E-state index is 0.0272. The zero-order chi connectivity index (χ0) is 54.6. The van der Waals surface area contributed by atoms with Crippen LogP contribution in [0.5, 0.6) is 0 Å². The largest absolute Gasteiger partial charge is 0.467 e. The summed E-state index contributed by atoms with van der Waals surface area (Å²) in [6, 6.07) is 0. The highest BCUT2D eigenvalue weighted by Gasteiger charge is 2.68. The molecule has 4 aliphatic heterocycles. The van der Waals surface area contributed by atoms with Gasteiger partial charge in [0.2, 0.25) is 0 Å². The third-order valence-electron chi connectivity index (χ3n) is 19.9. The molecule has 1 unspecified atom stereocenters. The Balaban J connectivity index is 1.05. The van der Waals surface area contributed by atoms with Crippen LogP contribution in [0, 0.1) is 38.9 Å². The van der Waals surface area contributed by atoms with Crippen molar-refractivity contribution in [2.45, 2.75) is 229 Å². The number of aliphatic hydroxyl groups is 11. The minimum atomic E-state index is -2.09. The quantitative estimate of drug-likeness (QED) is 0.0886. The molecular formula is C53H82O22. The molecule has 5 aliphatic carbocycles. The monoisotopic (exact) mass is 1070 g/mol. The molecule has 0 bridgehead atoms. The van der Waals surface area contributed by atoms with Crippen molar-refractivity contribution in [1.29, 1.82) is 0 Å². The Bertz CT molecular complexity index is 2170. The molecule has 0 radical (unpaired) electrons. The van der Waals surface area contributed by atoms with Crippen molar-refractivity contribution in [2.75, 3.05) is 26.9 Å². The molecule has 22 heteroatoms. The SMILES string of the molecule is COC(=O)[C@H]1O[C@@H](O[C@H]2CC[C@@]3(C)C(CC[C@]4(C)[C@@H]3CC=C3C5=C(CCC(C)(C)C5)C(=O)C[C@]34C)C2(C)C)[C@H](O[C@H]2O[C@@H](CO)[C@@H](O)[C@@H](O)[C@@H]2O)[C@@H](O[C@@H]2O[C@H](CO)[C@H](O)[C@H](O)[C@H]2O[C@@H]2OC[C@@H](O)[C@H](O)[C@H]2O)[C@@H]1O. The number of hydrogen-bond acceptors (Lipinski definition) is 22. The summed E-state index contributed by atoms with van der Waals surface area (Å²) in [4.78, 5) is 27.8. The van der Waals surface area contributed by atoms with Gasteiger partial charge in [-0.3, -0.25) is 4.79 Å². The lowest BCUT2D eigenvalue weighted by molar-refractivity contribution is -0.405. The van der Waals surface area contributed by atoms with Gasteiger partial charge in [-0.05, 0) is 102 Å². The summed E-state index contributed by atoms with van der Waals surface area (Å²) in [7, 11) is 1.06. The molecule has 426 valence electrons. The van der Waals surface area contributed by atoms with Gasteiger partial charge in [0.1, 0.15) is 85.5 Å². The van der Waals surface area contributed by atoms with Crippen LogP contribution < -0.4 is 0 Å². The Labute approximate surface area is 436 Å². The predicted molar refractivity (Wildman–Crippen MR) is 256 cm³/mol. The molecule has 0 spiro atoms. The molecule has 22 nitrogen and oxygen atoms in total. The summed E-state index contributed by atoms with van der Waals surface area (Å²) in [5, 5.41) is 120. The maximum absolute atomic E-state index is 14.2. The number of esters is 1. The lowest BCUT2D eigenvalue weighted by Gasteiger charge is -2.69. The van der Waals surface area contributed by atoms with E-state index in [9.17, 15) is 65.8 Å². The van der Waals surface area contributed by atoms with Gasteiger partial charge in [0.15, 0.2) is 37.0 Å². The number of methoxy groups -OCH3 is 1. The molecule has 4 saturated heterocycles. The molecule has 9 rings (SSSR count). The highest BCUT2D eigenvalue weighted by atomic mass is 16.8. The van der Waals surface area contributed by atoms with Crippen LogP contribution in [0.15, 0.2) is 22.8 Å². The van der Waals surface area contributed by atoms with Crippen molar-refractivity contribution in [3.8, 4) is 0 Å². The molecule has 11 N–H and O–H groups in total. The molecular weight excluding hydrogens is 989 g/mol. The Kier molecular flexibility index (Phi) is 16.2. The number of fused-ring (bicyclic) bond motifs is 6. The summed E-state index contributed by atoms with van der Waals surface area (Å²) >= 11 is 0. The maximum Gasteiger partial charge on any atom is 0.337 e. The fourth-order valence-electron chi connectivity index (χ4n) is 15.3. The van der Waals surface area contributed by atoms with E-state index in [0.717, 1.165) is 51.2 Å². The minimum Gasteiger partial charge on any atom is -0.467 e. The zero-order valence-corrected chi connectivity index (χ0v) is 44.2. The fraction of sp³-hybridized carbons (Fsp3) is 0.887. The van der Waals surface area contributed by atoms with Crippen LogP contribution in [0.3, 0.4) is 0 Å². The van der Waals surface area contributed by atoms with Gasteiger partial charge >= 0.3 is 5.97 Å². The molecule has 25 atom stereocenters. The normalized spacial score (nSPS) is 50.7. The number of allylic oxidation sites excluding steroid dienone is 4. The molecule has 0 aromatic heterocycles. The van der Waals surface area contributed by atoms with Gasteiger partial charge in [-0.25, -0.2) is 4.79 Å². The van der Waals surface area contributed by atoms with Crippen molar-refractivity contribution in [3.63, 3.8) is 0 Å². The van der Waals surface area contributed by atoms with E-state index in [1.807, 2.05) is 0 Å². The van der Waals surface area contributed by atoms with E-state index in [0.29, 0.717) is 19.3 Å². The van der Waals surface area contributed by atoms with Gasteiger partial charge < -0.3 is 98.8 Å². The Morgan fingerprint density at radius 2 is 1.24 bits per heavy atom. The highest BCUT2D eigenvalue weighted by molar-refractivity contribution is 6.00. The van der Waals surface area contributed by atoms with Gasteiger partial charge in [-0.1, -0.05) is 54.5 Å². The van der Waals surface area contributed by atoms with Gasteiger partial charge in [-0.15, -0.1) is 0 Å². The smallest absolute Gasteiger partial charge is 0.337 e. The van der Waals surface area contributed by atoms with E-state index in [-0.39, 0.29) is 39.3 Å². The van der Waals surface area contributed by atoms with Gasteiger partial charge in [-0.2, -0.15) is 0 Å². The molecule has 4 heterocycles. The molecule has 2 saturated carbocycles. The van der Waals surface area contributed by atoms with Crippen LogP contribution in [0.25, 0.3) is 0 Å². The number of rotatable bonds is 11. The second-order valence-electron chi connectivity index (χ2n) is 25.0.